The van der Waals surface area contributed by atoms with Crippen LogP contribution in [0.25, 0.3) is 0 Å². The Bertz CT molecular complexity index is 887. The van der Waals surface area contributed by atoms with Crippen molar-refractivity contribution in [2.75, 3.05) is 18.5 Å². The van der Waals surface area contributed by atoms with E-state index in [1.54, 1.807) is 0 Å². The predicted molar refractivity (Wildman–Crippen MR) is 108 cm³/mol. The molecule has 0 aromatic heterocycles. The van der Waals surface area contributed by atoms with E-state index in [4.69, 9.17) is 4.74 Å². The molecule has 2 aliphatic carbocycles. The lowest BCUT2D eigenvalue weighted by molar-refractivity contribution is -0.154. The number of esters is 1. The van der Waals surface area contributed by atoms with Gasteiger partial charge in [0.2, 0.25) is 11.8 Å². The molecule has 1 aromatic rings. The summed E-state index contributed by atoms with van der Waals surface area (Å²) in [6.07, 6.45) is 2.91. The zero-order chi connectivity index (χ0) is 20.9. The fourth-order valence-electron chi connectivity index (χ4n) is 5.05. The lowest BCUT2D eigenvalue weighted by Crippen LogP contribution is -2.38. The Kier molecular flexibility index (Phi) is 5.23. The van der Waals surface area contributed by atoms with Crippen molar-refractivity contribution >= 4 is 45.3 Å². The van der Waals surface area contributed by atoms with Gasteiger partial charge >= 0.3 is 5.97 Å². The predicted octanol–water partition coefficient (Wildman–Crippen LogP) is 2.58. The van der Waals surface area contributed by atoms with Crippen LogP contribution in [0.5, 0.6) is 0 Å². The average Bonchev–Trinajstić information content (AvgIpc) is 3.34. The summed E-state index contributed by atoms with van der Waals surface area (Å²) in [7, 11) is 0. The van der Waals surface area contributed by atoms with Crippen LogP contribution in [-0.4, -0.2) is 41.7 Å². The summed E-state index contributed by atoms with van der Waals surface area (Å²) >= 11 is 3.43. The van der Waals surface area contributed by atoms with Crippen LogP contribution in [0.1, 0.15) is 30.4 Å². The lowest BCUT2D eigenvalue weighted by atomic mass is 9.81. The largest absolute Gasteiger partial charge is 0.454 e. The summed E-state index contributed by atoms with van der Waals surface area (Å²) in [5.41, 5.74) is 2.48. The molecular formula is C21H23BrN2O5. The third kappa shape index (κ3) is 3.58. The van der Waals surface area contributed by atoms with Gasteiger partial charge in [-0.1, -0.05) is 15.9 Å². The van der Waals surface area contributed by atoms with E-state index in [2.05, 4.69) is 21.2 Å². The number of nitrogens with one attached hydrogen (secondary N) is 1. The topological polar surface area (TPSA) is 92.8 Å². The quantitative estimate of drug-likeness (QED) is 0.536. The van der Waals surface area contributed by atoms with Crippen molar-refractivity contribution in [2.45, 2.75) is 33.1 Å². The number of benzene rings is 1. The second kappa shape index (κ2) is 7.55. The van der Waals surface area contributed by atoms with E-state index in [0.29, 0.717) is 5.69 Å². The average molecular weight is 463 g/mol. The first kappa shape index (κ1) is 20.1. The SMILES string of the molecule is Cc1cc(NC(=O)COC(=O)CN2C(=O)[C@@H]3[C@H]4CC[C@@H](C4)[C@H]3C2=O)c(C)cc1Br. The van der Waals surface area contributed by atoms with Crippen molar-refractivity contribution in [3.63, 3.8) is 0 Å². The van der Waals surface area contributed by atoms with Crippen molar-refractivity contribution < 1.29 is 23.9 Å². The number of aryl methyl sites for hydroxylation is 2. The molecule has 4 rings (SSSR count). The maximum absolute atomic E-state index is 12.6. The van der Waals surface area contributed by atoms with Gasteiger partial charge in [0.05, 0.1) is 11.8 Å². The van der Waals surface area contributed by atoms with Crippen LogP contribution in [-0.2, 0) is 23.9 Å². The van der Waals surface area contributed by atoms with Crippen LogP contribution in [0.2, 0.25) is 0 Å². The van der Waals surface area contributed by atoms with Crippen LogP contribution in [0.4, 0.5) is 5.69 Å². The zero-order valence-electron chi connectivity index (χ0n) is 16.4. The first-order chi connectivity index (χ1) is 13.8. The molecule has 7 nitrogen and oxygen atoms in total. The monoisotopic (exact) mass is 462 g/mol. The molecule has 4 atom stereocenters. The molecule has 29 heavy (non-hydrogen) atoms. The number of likely N-dealkylation sites (tertiary alicyclic amines) is 1. The highest BCUT2D eigenvalue weighted by Gasteiger charge is 2.61. The molecule has 2 bridgehead atoms. The zero-order valence-corrected chi connectivity index (χ0v) is 18.0. The number of hydrogen-bond donors (Lipinski definition) is 1. The number of rotatable bonds is 5. The summed E-state index contributed by atoms with van der Waals surface area (Å²) in [6.45, 7) is 2.88. The number of fused-ring (bicyclic) bond motifs is 5. The lowest BCUT2D eigenvalue weighted by Gasteiger charge is -2.19. The number of carbonyl (C=O) groups is 4. The number of anilines is 1. The highest BCUT2D eigenvalue weighted by Crippen LogP contribution is 2.56. The van der Waals surface area contributed by atoms with Crippen molar-refractivity contribution in [1.29, 1.82) is 0 Å². The van der Waals surface area contributed by atoms with Crippen molar-refractivity contribution in [1.82, 2.24) is 4.90 Å². The fourth-order valence-corrected chi connectivity index (χ4v) is 5.51. The van der Waals surface area contributed by atoms with Gasteiger partial charge in [0.15, 0.2) is 6.61 Å². The molecule has 1 aromatic carbocycles. The van der Waals surface area contributed by atoms with Crippen LogP contribution in [0.15, 0.2) is 16.6 Å². The molecule has 1 N–H and O–H groups in total. The van der Waals surface area contributed by atoms with Crippen LogP contribution in [0.3, 0.4) is 0 Å². The van der Waals surface area contributed by atoms with Crippen LogP contribution in [0, 0.1) is 37.5 Å². The van der Waals surface area contributed by atoms with Gasteiger partial charge in [-0.3, -0.25) is 24.1 Å². The molecular weight excluding hydrogens is 440 g/mol. The number of amides is 3. The van der Waals surface area contributed by atoms with Crippen LogP contribution >= 0.6 is 15.9 Å². The maximum atomic E-state index is 12.6. The Morgan fingerprint density at radius 1 is 1.10 bits per heavy atom. The smallest absolute Gasteiger partial charge is 0.326 e. The minimum atomic E-state index is -0.752. The first-order valence-electron chi connectivity index (χ1n) is 9.83. The third-order valence-corrected chi connectivity index (χ3v) is 7.30. The molecule has 8 heteroatoms. The second-order valence-electron chi connectivity index (χ2n) is 8.27. The van der Waals surface area contributed by atoms with Gasteiger partial charge in [0, 0.05) is 10.2 Å². The van der Waals surface area contributed by atoms with E-state index < -0.39 is 25.0 Å². The van der Waals surface area contributed by atoms with Crippen LogP contribution < -0.4 is 5.32 Å². The van der Waals surface area contributed by atoms with Crippen molar-refractivity contribution in [2.24, 2.45) is 23.7 Å². The van der Waals surface area contributed by atoms with Gasteiger partial charge in [-0.05, 0) is 68.2 Å². The molecule has 154 valence electrons. The Balaban J connectivity index is 1.30. The standard InChI is InChI=1S/C21H23BrN2O5/c1-10-6-15(11(2)5-14(10)22)23-16(25)9-29-17(26)8-24-20(27)18-12-3-4-13(7-12)19(18)21(24)28/h5-6,12-13,18-19H,3-4,7-9H2,1-2H3,(H,23,25)/t12-,13-,18+,19+/m0/s1. The Morgan fingerprint density at radius 3 is 2.34 bits per heavy atom. The van der Waals surface area contributed by atoms with Gasteiger partial charge in [-0.15, -0.1) is 0 Å². The second-order valence-corrected chi connectivity index (χ2v) is 9.13. The molecule has 3 aliphatic rings. The number of ether oxygens (including phenoxy) is 1. The fraction of sp³-hybridized carbons (Fsp3) is 0.524. The van der Waals surface area contributed by atoms with E-state index in [1.165, 1.54) is 0 Å². The summed E-state index contributed by atoms with van der Waals surface area (Å²) in [4.78, 5) is 50.6. The van der Waals surface area contributed by atoms with Gasteiger partial charge in [0.1, 0.15) is 6.54 Å². The maximum Gasteiger partial charge on any atom is 0.326 e. The first-order valence-corrected chi connectivity index (χ1v) is 10.6. The molecule has 0 radical (unpaired) electrons. The molecule has 1 heterocycles. The molecule has 1 saturated heterocycles. The molecule has 0 unspecified atom stereocenters. The molecule has 0 spiro atoms. The van der Waals surface area contributed by atoms with E-state index in [9.17, 15) is 19.2 Å². The minimum absolute atomic E-state index is 0.255. The molecule has 3 amide bonds. The highest BCUT2D eigenvalue weighted by molar-refractivity contribution is 9.10. The Morgan fingerprint density at radius 2 is 1.72 bits per heavy atom. The highest BCUT2D eigenvalue weighted by atomic mass is 79.9. The molecule has 1 aliphatic heterocycles. The Labute approximate surface area is 177 Å². The molecule has 3 fully saturated rings. The molecule has 2 saturated carbocycles. The number of hydrogen-bond acceptors (Lipinski definition) is 5. The third-order valence-electron chi connectivity index (χ3n) is 6.45. The number of nitrogens with zero attached hydrogens (tertiary/aromatic N) is 1. The minimum Gasteiger partial charge on any atom is -0.454 e. The summed E-state index contributed by atoms with van der Waals surface area (Å²) < 4.78 is 5.96. The number of imide groups is 1. The van der Waals surface area contributed by atoms with Gasteiger partial charge in [0.25, 0.3) is 5.91 Å². The van der Waals surface area contributed by atoms with E-state index in [0.717, 1.165) is 39.8 Å². The van der Waals surface area contributed by atoms with Crippen molar-refractivity contribution in [3.8, 4) is 0 Å². The van der Waals surface area contributed by atoms with E-state index >= 15 is 0 Å². The van der Waals surface area contributed by atoms with E-state index in [-0.39, 0.29) is 35.5 Å². The van der Waals surface area contributed by atoms with Gasteiger partial charge in [-0.25, -0.2) is 0 Å². The van der Waals surface area contributed by atoms with E-state index in [1.807, 2.05) is 26.0 Å². The normalized spacial score (nSPS) is 27.3. The van der Waals surface area contributed by atoms with Gasteiger partial charge in [-0.2, -0.15) is 0 Å². The van der Waals surface area contributed by atoms with Crippen molar-refractivity contribution in [3.05, 3.63) is 27.7 Å². The van der Waals surface area contributed by atoms with Gasteiger partial charge < -0.3 is 10.1 Å². The summed E-state index contributed by atoms with van der Waals surface area (Å²) in [6, 6.07) is 3.72. The number of halogens is 1. The Hall–Kier alpha value is -2.22. The summed E-state index contributed by atoms with van der Waals surface area (Å²) in [5.74, 6) is -1.72. The number of carbonyl (C=O) groups excluding carboxylic acids is 4. The summed E-state index contributed by atoms with van der Waals surface area (Å²) in [5, 5.41) is 2.71.